The highest BCUT2D eigenvalue weighted by Crippen LogP contribution is 2.46. The van der Waals surface area contributed by atoms with E-state index in [9.17, 15) is 5.11 Å². The van der Waals surface area contributed by atoms with Gasteiger partial charge in [0, 0.05) is 44.3 Å². The Bertz CT molecular complexity index is 706. The van der Waals surface area contributed by atoms with Gasteiger partial charge in [0.1, 0.15) is 0 Å². The molecule has 7 heteroatoms. The third-order valence-corrected chi connectivity index (χ3v) is 6.82. The summed E-state index contributed by atoms with van der Waals surface area (Å²) in [7, 11) is 1.57. The Labute approximate surface area is 191 Å². The summed E-state index contributed by atoms with van der Waals surface area (Å²) < 4.78 is 5.21. The van der Waals surface area contributed by atoms with Crippen LogP contribution in [0, 0.1) is 11.8 Å². The van der Waals surface area contributed by atoms with Crippen molar-refractivity contribution < 1.29 is 9.84 Å². The van der Waals surface area contributed by atoms with Crippen LogP contribution in [-0.2, 0) is 6.54 Å². The minimum atomic E-state index is 0. The number of para-hydroxylation sites is 1. The molecule has 3 unspecified atom stereocenters. The molecule has 3 fully saturated rings. The molecule has 0 aromatic heterocycles. The van der Waals surface area contributed by atoms with E-state index in [1.54, 1.807) is 13.2 Å². The van der Waals surface area contributed by atoms with Crippen molar-refractivity contribution in [1.82, 2.24) is 15.1 Å². The molecule has 1 aromatic rings. The van der Waals surface area contributed by atoms with Gasteiger partial charge >= 0.3 is 0 Å². The quantitative estimate of drug-likeness (QED) is 0.359. The first-order chi connectivity index (χ1) is 13.7. The summed E-state index contributed by atoms with van der Waals surface area (Å²) in [6.07, 6.45) is 5.81. The molecule has 2 N–H and O–H groups in total. The summed E-state index contributed by atoms with van der Waals surface area (Å²) in [6, 6.07) is 6.39. The SMILES string of the molecule is CCNC(=NCc1cccc(OC)c1O)N1CCN(C2CC3CCC2C3)CC1.I. The number of methoxy groups -OCH3 is 1. The van der Waals surface area contributed by atoms with Crippen molar-refractivity contribution in [2.24, 2.45) is 16.8 Å². The second-order valence-corrected chi connectivity index (χ2v) is 8.40. The summed E-state index contributed by atoms with van der Waals surface area (Å²) in [6.45, 7) is 7.68. The van der Waals surface area contributed by atoms with Crippen molar-refractivity contribution in [2.45, 2.75) is 45.2 Å². The number of fused-ring (bicyclic) bond motifs is 2. The van der Waals surface area contributed by atoms with Crippen molar-refractivity contribution in [3.63, 3.8) is 0 Å². The van der Waals surface area contributed by atoms with E-state index in [2.05, 4.69) is 22.0 Å². The molecule has 1 saturated heterocycles. The predicted octanol–water partition coefficient (Wildman–Crippen LogP) is 3.29. The van der Waals surface area contributed by atoms with Crippen LogP contribution in [-0.4, -0.2) is 66.7 Å². The predicted molar refractivity (Wildman–Crippen MR) is 127 cm³/mol. The van der Waals surface area contributed by atoms with Crippen LogP contribution in [0.3, 0.4) is 0 Å². The molecule has 2 saturated carbocycles. The number of aromatic hydroxyl groups is 1. The molecule has 3 atom stereocenters. The molecule has 6 nitrogen and oxygen atoms in total. The van der Waals surface area contributed by atoms with Crippen LogP contribution in [0.5, 0.6) is 11.5 Å². The number of nitrogens with one attached hydrogen (secondary N) is 1. The average Bonchev–Trinajstić information content (AvgIpc) is 3.36. The molecular formula is C22H35IN4O2. The fraction of sp³-hybridized carbons (Fsp3) is 0.682. The molecule has 2 aliphatic carbocycles. The highest BCUT2D eigenvalue weighted by atomic mass is 127. The molecule has 0 amide bonds. The normalized spacial score (nSPS) is 27.0. The second-order valence-electron chi connectivity index (χ2n) is 8.40. The third-order valence-electron chi connectivity index (χ3n) is 6.82. The molecule has 0 radical (unpaired) electrons. The Balaban J connectivity index is 0.00000240. The van der Waals surface area contributed by atoms with Crippen molar-refractivity contribution in [1.29, 1.82) is 0 Å². The van der Waals surface area contributed by atoms with E-state index >= 15 is 0 Å². The standard InChI is InChI=1S/C22H34N4O2.HI/c1-3-23-22(24-15-18-5-4-6-20(28-2)21(18)27)26-11-9-25(10-12-26)19-14-16-7-8-17(19)13-16;/h4-6,16-17,19,27H,3,7-15H2,1-2H3,(H,23,24);1H. The number of guanidine groups is 1. The summed E-state index contributed by atoms with van der Waals surface area (Å²) in [5, 5.41) is 13.7. The molecule has 2 bridgehead atoms. The van der Waals surface area contributed by atoms with Gasteiger partial charge in [-0.2, -0.15) is 0 Å². The van der Waals surface area contributed by atoms with Crippen molar-refractivity contribution in [3.8, 4) is 11.5 Å². The lowest BCUT2D eigenvalue weighted by Crippen LogP contribution is -2.55. The van der Waals surface area contributed by atoms with Crippen LogP contribution in [0.25, 0.3) is 0 Å². The van der Waals surface area contributed by atoms with Crippen LogP contribution in [0.2, 0.25) is 0 Å². The number of hydrogen-bond acceptors (Lipinski definition) is 4. The minimum absolute atomic E-state index is 0. The molecule has 29 heavy (non-hydrogen) atoms. The van der Waals surface area contributed by atoms with Crippen LogP contribution in [0.15, 0.2) is 23.2 Å². The Kier molecular flexibility index (Phi) is 7.90. The van der Waals surface area contributed by atoms with Crippen molar-refractivity contribution >= 4 is 29.9 Å². The van der Waals surface area contributed by atoms with Crippen LogP contribution in [0.1, 0.15) is 38.2 Å². The lowest BCUT2D eigenvalue weighted by molar-refractivity contribution is 0.0958. The molecule has 0 spiro atoms. The molecule has 1 aliphatic heterocycles. The average molecular weight is 514 g/mol. The topological polar surface area (TPSA) is 60.3 Å². The van der Waals surface area contributed by atoms with Gasteiger partial charge in [-0.15, -0.1) is 24.0 Å². The Morgan fingerprint density at radius 3 is 2.62 bits per heavy atom. The zero-order valence-electron chi connectivity index (χ0n) is 17.6. The van der Waals surface area contributed by atoms with Crippen LogP contribution >= 0.6 is 24.0 Å². The number of benzene rings is 1. The third kappa shape index (κ3) is 4.93. The number of hydrogen-bond donors (Lipinski definition) is 2. The maximum Gasteiger partial charge on any atom is 0.194 e. The first-order valence-electron chi connectivity index (χ1n) is 10.8. The molecule has 1 aromatic carbocycles. The Morgan fingerprint density at radius 2 is 2.00 bits per heavy atom. The summed E-state index contributed by atoms with van der Waals surface area (Å²) in [5.41, 5.74) is 0.787. The summed E-state index contributed by atoms with van der Waals surface area (Å²) in [5.74, 6) is 3.58. The van der Waals surface area contributed by atoms with Gasteiger partial charge in [0.25, 0.3) is 0 Å². The summed E-state index contributed by atoms with van der Waals surface area (Å²) in [4.78, 5) is 9.90. The Morgan fingerprint density at radius 1 is 1.21 bits per heavy atom. The number of aliphatic imine (C=N–C) groups is 1. The maximum absolute atomic E-state index is 10.3. The van der Waals surface area contributed by atoms with Crippen LogP contribution in [0.4, 0.5) is 0 Å². The fourth-order valence-corrected chi connectivity index (χ4v) is 5.37. The zero-order chi connectivity index (χ0) is 19.5. The number of piperazine rings is 1. The van der Waals surface area contributed by atoms with Gasteiger partial charge < -0.3 is 20.1 Å². The largest absolute Gasteiger partial charge is 0.504 e. The fourth-order valence-electron chi connectivity index (χ4n) is 5.37. The molecular weight excluding hydrogens is 479 g/mol. The first-order valence-corrected chi connectivity index (χ1v) is 10.8. The number of rotatable bonds is 5. The number of nitrogens with zero attached hydrogens (tertiary/aromatic N) is 3. The van der Waals surface area contributed by atoms with Crippen LogP contribution < -0.4 is 10.1 Å². The van der Waals surface area contributed by atoms with E-state index in [-0.39, 0.29) is 29.7 Å². The maximum atomic E-state index is 10.3. The van der Waals surface area contributed by atoms with E-state index in [0.717, 1.165) is 62.1 Å². The van der Waals surface area contributed by atoms with Gasteiger partial charge in [0.2, 0.25) is 0 Å². The van der Waals surface area contributed by atoms with Gasteiger partial charge in [-0.25, -0.2) is 4.99 Å². The van der Waals surface area contributed by atoms with Gasteiger partial charge in [-0.05, 0) is 44.1 Å². The molecule has 4 rings (SSSR count). The number of halogens is 1. The second kappa shape index (κ2) is 10.2. The smallest absolute Gasteiger partial charge is 0.194 e. The molecule has 162 valence electrons. The highest BCUT2D eigenvalue weighted by Gasteiger charge is 2.42. The van der Waals surface area contributed by atoms with E-state index < -0.39 is 0 Å². The summed E-state index contributed by atoms with van der Waals surface area (Å²) >= 11 is 0. The van der Waals surface area contributed by atoms with Gasteiger partial charge in [-0.3, -0.25) is 4.90 Å². The monoisotopic (exact) mass is 514 g/mol. The zero-order valence-corrected chi connectivity index (χ0v) is 20.0. The minimum Gasteiger partial charge on any atom is -0.504 e. The van der Waals surface area contributed by atoms with E-state index in [4.69, 9.17) is 9.73 Å². The number of phenols is 1. The first kappa shape index (κ1) is 22.5. The van der Waals surface area contributed by atoms with Gasteiger partial charge in [-0.1, -0.05) is 18.6 Å². The van der Waals surface area contributed by atoms with E-state index in [1.165, 1.54) is 25.7 Å². The van der Waals surface area contributed by atoms with Crippen molar-refractivity contribution in [3.05, 3.63) is 23.8 Å². The molecule has 3 aliphatic rings. The van der Waals surface area contributed by atoms with E-state index in [0.29, 0.717) is 12.3 Å². The lowest BCUT2D eigenvalue weighted by atomic mass is 9.93. The number of phenolic OH excluding ortho intramolecular Hbond substituents is 1. The van der Waals surface area contributed by atoms with Crippen molar-refractivity contribution in [2.75, 3.05) is 39.8 Å². The lowest BCUT2D eigenvalue weighted by Gasteiger charge is -2.42. The van der Waals surface area contributed by atoms with Gasteiger partial charge in [0.05, 0.1) is 13.7 Å². The highest BCUT2D eigenvalue weighted by molar-refractivity contribution is 14.0. The van der Waals surface area contributed by atoms with E-state index in [1.807, 2.05) is 12.1 Å². The molecule has 1 heterocycles. The number of ether oxygens (including phenoxy) is 1. The Hall–Kier alpha value is -1.22. The van der Waals surface area contributed by atoms with Gasteiger partial charge in [0.15, 0.2) is 17.5 Å².